The number of benzene rings is 1. The van der Waals surface area contributed by atoms with Crippen LogP contribution in [-0.4, -0.2) is 24.2 Å². The van der Waals surface area contributed by atoms with Gasteiger partial charge in [-0.3, -0.25) is 0 Å². The Balaban J connectivity index is 1.78. The van der Waals surface area contributed by atoms with E-state index in [2.05, 4.69) is 12.2 Å². The highest BCUT2D eigenvalue weighted by Crippen LogP contribution is 2.31. The minimum absolute atomic E-state index is 0.190. The van der Waals surface area contributed by atoms with Crippen LogP contribution in [0.2, 0.25) is 0 Å². The quantitative estimate of drug-likeness (QED) is 0.483. The van der Waals surface area contributed by atoms with E-state index >= 15 is 0 Å². The van der Waals surface area contributed by atoms with Crippen LogP contribution in [0.1, 0.15) is 70.3 Å². The largest absolute Gasteiger partial charge is 0.464 e. The van der Waals surface area contributed by atoms with Crippen molar-refractivity contribution in [2.75, 3.05) is 6.61 Å². The molecule has 0 unspecified atom stereocenters. The van der Waals surface area contributed by atoms with Crippen molar-refractivity contribution in [2.24, 2.45) is 0 Å². The molecule has 2 rings (SSSR count). The van der Waals surface area contributed by atoms with Crippen molar-refractivity contribution in [1.82, 2.24) is 5.32 Å². The number of nitrogens with one attached hydrogen (secondary N) is 1. The van der Waals surface area contributed by atoms with E-state index in [9.17, 15) is 9.59 Å². The number of hydrogen-bond donors (Lipinski definition) is 1. The zero-order chi connectivity index (χ0) is 18.7. The van der Waals surface area contributed by atoms with Gasteiger partial charge in [0.1, 0.15) is 12.1 Å². The monoisotopic (exact) mass is 361 g/mol. The van der Waals surface area contributed by atoms with Gasteiger partial charge in [-0.15, -0.1) is 0 Å². The van der Waals surface area contributed by atoms with Crippen molar-refractivity contribution in [3.63, 3.8) is 0 Å². The molecule has 0 saturated heterocycles. The molecule has 0 radical (unpaired) electrons. The zero-order valence-corrected chi connectivity index (χ0v) is 15.8. The molecule has 1 aliphatic carbocycles. The van der Waals surface area contributed by atoms with Gasteiger partial charge in [0.25, 0.3) is 0 Å². The summed E-state index contributed by atoms with van der Waals surface area (Å²) < 4.78 is 10.7. The number of amides is 1. The Morgan fingerprint density at radius 2 is 1.69 bits per heavy atom. The normalized spacial score (nSPS) is 15.4. The third-order valence-electron chi connectivity index (χ3n) is 4.88. The summed E-state index contributed by atoms with van der Waals surface area (Å²) in [6.07, 6.45) is 8.00. The Labute approximate surface area is 156 Å². The average Bonchev–Trinajstić information content (AvgIpc) is 3.13. The Kier molecular flexibility index (Phi) is 8.45. The van der Waals surface area contributed by atoms with Crippen molar-refractivity contribution >= 4 is 12.1 Å². The summed E-state index contributed by atoms with van der Waals surface area (Å²) in [6.45, 7) is 2.78. The first kappa shape index (κ1) is 20.3. The van der Waals surface area contributed by atoms with Crippen molar-refractivity contribution < 1.29 is 19.1 Å². The maximum absolute atomic E-state index is 12.6. The Morgan fingerprint density at radius 3 is 2.38 bits per heavy atom. The lowest BCUT2D eigenvalue weighted by molar-refractivity contribution is -0.151. The molecule has 0 atom stereocenters. The smallest absolute Gasteiger partial charge is 0.408 e. The third-order valence-corrected chi connectivity index (χ3v) is 4.88. The van der Waals surface area contributed by atoms with Gasteiger partial charge >= 0.3 is 12.1 Å². The van der Waals surface area contributed by atoms with E-state index in [0.29, 0.717) is 19.4 Å². The van der Waals surface area contributed by atoms with Crippen molar-refractivity contribution in [2.45, 2.75) is 76.9 Å². The molecule has 1 amide bonds. The molecule has 0 spiro atoms. The molecular weight excluding hydrogens is 330 g/mol. The standard InChI is InChI=1S/C21H31NO4/c1-2-3-4-5-11-16-25-19(23)21(14-9-10-15-21)22-20(24)26-17-18-12-7-6-8-13-18/h6-8,12-13H,2-5,9-11,14-17H2,1H3,(H,22,24). The number of hydrogen-bond acceptors (Lipinski definition) is 4. The lowest BCUT2D eigenvalue weighted by atomic mass is 9.98. The third kappa shape index (κ3) is 6.36. The predicted octanol–water partition coefficient (Wildman–Crippen LogP) is 4.74. The molecular formula is C21H31NO4. The predicted molar refractivity (Wildman–Crippen MR) is 101 cm³/mol. The molecule has 1 aliphatic rings. The zero-order valence-electron chi connectivity index (χ0n) is 15.8. The van der Waals surface area contributed by atoms with E-state index in [4.69, 9.17) is 9.47 Å². The first-order valence-electron chi connectivity index (χ1n) is 9.82. The van der Waals surface area contributed by atoms with Gasteiger partial charge in [0.2, 0.25) is 0 Å². The number of carbonyl (C=O) groups is 2. The summed E-state index contributed by atoms with van der Waals surface area (Å²) in [7, 11) is 0. The highest BCUT2D eigenvalue weighted by Gasteiger charge is 2.44. The molecule has 0 aliphatic heterocycles. The second-order valence-corrected chi connectivity index (χ2v) is 7.03. The molecule has 0 heterocycles. The van der Waals surface area contributed by atoms with E-state index < -0.39 is 11.6 Å². The van der Waals surface area contributed by atoms with E-state index in [1.807, 2.05) is 30.3 Å². The fourth-order valence-corrected chi connectivity index (χ4v) is 3.32. The topological polar surface area (TPSA) is 64.6 Å². The lowest BCUT2D eigenvalue weighted by Gasteiger charge is -2.27. The van der Waals surface area contributed by atoms with Crippen molar-refractivity contribution in [3.05, 3.63) is 35.9 Å². The number of alkyl carbamates (subject to hydrolysis) is 1. The van der Waals surface area contributed by atoms with Gasteiger partial charge in [-0.1, -0.05) is 75.8 Å². The lowest BCUT2D eigenvalue weighted by Crippen LogP contribution is -2.53. The van der Waals surface area contributed by atoms with Crippen molar-refractivity contribution in [1.29, 1.82) is 0 Å². The summed E-state index contributed by atoms with van der Waals surface area (Å²) in [5.41, 5.74) is -0.00485. The van der Waals surface area contributed by atoms with Gasteiger partial charge in [-0.25, -0.2) is 9.59 Å². The first-order chi connectivity index (χ1) is 12.7. The number of unbranched alkanes of at least 4 members (excludes halogenated alkanes) is 4. The summed E-state index contributed by atoms with van der Waals surface area (Å²) in [5, 5.41) is 2.79. The number of esters is 1. The van der Waals surface area contributed by atoms with Gasteiger partial charge in [0.15, 0.2) is 0 Å². The fourth-order valence-electron chi connectivity index (χ4n) is 3.32. The number of rotatable bonds is 10. The van der Waals surface area contributed by atoms with Gasteiger partial charge in [0.05, 0.1) is 6.61 Å². The van der Waals surface area contributed by atoms with Crippen molar-refractivity contribution in [3.8, 4) is 0 Å². The highest BCUT2D eigenvalue weighted by atomic mass is 16.6. The van der Waals surface area contributed by atoms with Crippen LogP contribution in [0.5, 0.6) is 0 Å². The second kappa shape index (κ2) is 10.8. The molecule has 1 aromatic rings. The van der Waals surface area contributed by atoms with Crippen LogP contribution in [0.25, 0.3) is 0 Å². The van der Waals surface area contributed by atoms with Crippen LogP contribution < -0.4 is 5.32 Å². The van der Waals surface area contributed by atoms with E-state index in [1.54, 1.807) is 0 Å². The van der Waals surface area contributed by atoms with Gasteiger partial charge in [0, 0.05) is 0 Å². The van der Waals surface area contributed by atoms with E-state index in [0.717, 1.165) is 31.2 Å². The molecule has 1 fully saturated rings. The maximum Gasteiger partial charge on any atom is 0.408 e. The molecule has 5 heteroatoms. The highest BCUT2D eigenvalue weighted by molar-refractivity contribution is 5.86. The minimum Gasteiger partial charge on any atom is -0.464 e. The number of carbonyl (C=O) groups excluding carboxylic acids is 2. The van der Waals surface area contributed by atoms with Crippen LogP contribution in [0.15, 0.2) is 30.3 Å². The molecule has 26 heavy (non-hydrogen) atoms. The van der Waals surface area contributed by atoms with Gasteiger partial charge in [-0.2, -0.15) is 0 Å². The van der Waals surface area contributed by atoms with Crippen LogP contribution in [-0.2, 0) is 20.9 Å². The second-order valence-electron chi connectivity index (χ2n) is 7.03. The molecule has 144 valence electrons. The molecule has 0 bridgehead atoms. The molecule has 1 aromatic carbocycles. The van der Waals surface area contributed by atoms with E-state index in [-0.39, 0.29) is 12.6 Å². The molecule has 0 aromatic heterocycles. The average molecular weight is 361 g/mol. The summed E-state index contributed by atoms with van der Waals surface area (Å²) in [5.74, 6) is -0.317. The van der Waals surface area contributed by atoms with Crippen LogP contribution >= 0.6 is 0 Å². The molecule has 5 nitrogen and oxygen atoms in total. The van der Waals surface area contributed by atoms with Crippen LogP contribution in [0, 0.1) is 0 Å². The molecule has 1 N–H and O–H groups in total. The SMILES string of the molecule is CCCCCCCOC(=O)C1(NC(=O)OCc2ccccc2)CCCC1. The summed E-state index contributed by atoms with van der Waals surface area (Å²) in [4.78, 5) is 24.8. The summed E-state index contributed by atoms with van der Waals surface area (Å²) in [6, 6.07) is 9.49. The Hall–Kier alpha value is -2.04. The maximum atomic E-state index is 12.6. The molecule has 1 saturated carbocycles. The van der Waals surface area contributed by atoms with E-state index in [1.165, 1.54) is 19.3 Å². The first-order valence-corrected chi connectivity index (χ1v) is 9.82. The fraction of sp³-hybridized carbons (Fsp3) is 0.619. The van der Waals surface area contributed by atoms with Gasteiger partial charge < -0.3 is 14.8 Å². The Bertz CT molecular complexity index is 552. The minimum atomic E-state index is -0.919. The Morgan fingerprint density at radius 1 is 1.00 bits per heavy atom. The van der Waals surface area contributed by atoms with Crippen LogP contribution in [0.3, 0.4) is 0 Å². The number of ether oxygens (including phenoxy) is 2. The summed E-state index contributed by atoms with van der Waals surface area (Å²) >= 11 is 0. The van der Waals surface area contributed by atoms with Gasteiger partial charge in [-0.05, 0) is 24.8 Å². The van der Waals surface area contributed by atoms with Crippen LogP contribution in [0.4, 0.5) is 4.79 Å².